The van der Waals surface area contributed by atoms with Crippen molar-refractivity contribution in [3.8, 4) is 5.75 Å². The number of rotatable bonds is 13. The molecule has 0 heterocycles. The van der Waals surface area contributed by atoms with Crippen LogP contribution in [0.5, 0.6) is 5.75 Å². The number of hydrogen-bond donors (Lipinski definition) is 1. The van der Waals surface area contributed by atoms with E-state index in [1.165, 1.54) is 19.0 Å². The Balaban J connectivity index is 2.55. The van der Waals surface area contributed by atoms with Crippen LogP contribution in [0, 0.1) is 13.8 Å². The van der Waals surface area contributed by atoms with Crippen LogP contribution in [-0.4, -0.2) is 69.3 Å². The summed E-state index contributed by atoms with van der Waals surface area (Å²) in [5.74, 6) is -0.0675. The number of anilines is 1. The smallest absolute Gasteiger partial charge is 0.304 e. The van der Waals surface area contributed by atoms with E-state index in [0.717, 1.165) is 31.7 Å². The summed E-state index contributed by atoms with van der Waals surface area (Å²) < 4.78 is 34.3. The van der Waals surface area contributed by atoms with Crippen molar-refractivity contribution in [3.63, 3.8) is 0 Å². The Morgan fingerprint density at radius 2 is 1.63 bits per heavy atom. The standard InChI is InChI=1S/C28H42N4O5S/c1-9-22(5)29-28(34)25(10-2)31(18-23-13-15-24(37-8)16-14-23)27(33)19-32(38(35,36)30(6)7)26-17-20(3)11-12-21(26)4/h11-17,22,25H,9-10,18-19H2,1-8H3,(H,29,34). The average Bonchev–Trinajstić information content (AvgIpc) is 2.88. The largest absolute Gasteiger partial charge is 0.497 e. The summed E-state index contributed by atoms with van der Waals surface area (Å²) >= 11 is 0. The average molecular weight is 547 g/mol. The van der Waals surface area contributed by atoms with E-state index in [-0.39, 0.29) is 18.5 Å². The van der Waals surface area contributed by atoms with Crippen LogP contribution in [-0.2, 0) is 26.3 Å². The van der Waals surface area contributed by atoms with Crippen molar-refractivity contribution in [2.75, 3.05) is 32.1 Å². The van der Waals surface area contributed by atoms with E-state index >= 15 is 0 Å². The number of carbonyl (C=O) groups excluding carboxylic acids is 2. The van der Waals surface area contributed by atoms with E-state index in [1.54, 1.807) is 32.2 Å². The first-order chi connectivity index (χ1) is 17.8. The second-order valence-corrected chi connectivity index (χ2v) is 11.8. The van der Waals surface area contributed by atoms with Crippen molar-refractivity contribution in [3.05, 3.63) is 59.2 Å². The highest BCUT2D eigenvalue weighted by Gasteiger charge is 2.34. The zero-order chi connectivity index (χ0) is 28.6. The zero-order valence-corrected chi connectivity index (χ0v) is 24.6. The van der Waals surface area contributed by atoms with Gasteiger partial charge in [-0.15, -0.1) is 0 Å². The lowest BCUT2D eigenvalue weighted by Gasteiger charge is -2.34. The van der Waals surface area contributed by atoms with Crippen LogP contribution in [0.15, 0.2) is 42.5 Å². The highest BCUT2D eigenvalue weighted by atomic mass is 32.2. The maximum absolute atomic E-state index is 14.0. The third-order valence-electron chi connectivity index (χ3n) is 6.55. The molecule has 2 aromatic carbocycles. The normalized spacial score (nSPS) is 13.1. The van der Waals surface area contributed by atoms with Gasteiger partial charge in [-0.2, -0.15) is 12.7 Å². The fourth-order valence-electron chi connectivity index (χ4n) is 3.98. The van der Waals surface area contributed by atoms with E-state index in [0.29, 0.717) is 17.9 Å². The van der Waals surface area contributed by atoms with Crippen LogP contribution in [0.2, 0.25) is 0 Å². The molecule has 0 aliphatic rings. The number of benzene rings is 2. The number of carbonyl (C=O) groups is 2. The second-order valence-electron chi connectivity index (χ2n) is 9.70. The Morgan fingerprint density at radius 3 is 2.16 bits per heavy atom. The number of amides is 2. The first-order valence-corrected chi connectivity index (χ1v) is 14.3. The molecule has 0 saturated carbocycles. The topological polar surface area (TPSA) is 99.3 Å². The molecule has 2 aromatic rings. The molecular weight excluding hydrogens is 504 g/mol. The fourth-order valence-corrected chi connectivity index (χ4v) is 5.09. The van der Waals surface area contributed by atoms with Gasteiger partial charge in [0.2, 0.25) is 11.8 Å². The summed E-state index contributed by atoms with van der Waals surface area (Å²) in [7, 11) is 0.422. The molecule has 0 aromatic heterocycles. The third-order valence-corrected chi connectivity index (χ3v) is 8.36. The predicted octanol–water partition coefficient (Wildman–Crippen LogP) is 3.65. The molecule has 2 rings (SSSR count). The van der Waals surface area contributed by atoms with Crippen molar-refractivity contribution in [1.29, 1.82) is 0 Å². The summed E-state index contributed by atoms with van der Waals surface area (Å²) in [6, 6.07) is 11.9. The maximum Gasteiger partial charge on any atom is 0.304 e. The van der Waals surface area contributed by atoms with Crippen LogP contribution >= 0.6 is 0 Å². The number of methoxy groups -OCH3 is 1. The number of nitrogens with one attached hydrogen (secondary N) is 1. The Hall–Kier alpha value is -3.11. The summed E-state index contributed by atoms with van der Waals surface area (Å²) in [6.45, 7) is 9.08. The van der Waals surface area contributed by atoms with Gasteiger partial charge in [-0.05, 0) is 68.5 Å². The van der Waals surface area contributed by atoms with Crippen molar-refractivity contribution in [1.82, 2.24) is 14.5 Å². The molecule has 2 unspecified atom stereocenters. The lowest BCUT2D eigenvalue weighted by Crippen LogP contribution is -2.54. The van der Waals surface area contributed by atoms with Crippen molar-refractivity contribution < 1.29 is 22.7 Å². The molecule has 1 N–H and O–H groups in total. The highest BCUT2D eigenvalue weighted by molar-refractivity contribution is 7.90. The summed E-state index contributed by atoms with van der Waals surface area (Å²) in [5.41, 5.74) is 2.81. The predicted molar refractivity (Wildman–Crippen MR) is 151 cm³/mol. The van der Waals surface area contributed by atoms with Gasteiger partial charge >= 0.3 is 10.2 Å². The fraction of sp³-hybridized carbons (Fsp3) is 0.500. The van der Waals surface area contributed by atoms with Crippen molar-refractivity contribution in [2.24, 2.45) is 0 Å². The van der Waals surface area contributed by atoms with Crippen molar-refractivity contribution >= 4 is 27.7 Å². The molecule has 0 bridgehead atoms. The van der Waals surface area contributed by atoms with Crippen LogP contribution in [0.3, 0.4) is 0 Å². The summed E-state index contributed by atoms with van der Waals surface area (Å²) in [5, 5.41) is 2.98. The molecule has 2 atom stereocenters. The lowest BCUT2D eigenvalue weighted by molar-refractivity contribution is -0.140. The number of ether oxygens (including phenoxy) is 1. The molecule has 0 aliphatic carbocycles. The zero-order valence-electron chi connectivity index (χ0n) is 23.8. The minimum atomic E-state index is -4.02. The molecule has 0 aliphatic heterocycles. The molecule has 0 fully saturated rings. The summed E-state index contributed by atoms with van der Waals surface area (Å²) in [6.07, 6.45) is 1.12. The van der Waals surface area contributed by atoms with Crippen molar-refractivity contribution in [2.45, 2.75) is 66.1 Å². The molecular formula is C28H42N4O5S. The molecule has 2 amide bonds. The molecule has 10 heteroatoms. The van der Waals surface area contributed by atoms with Gasteiger partial charge in [-0.1, -0.05) is 38.1 Å². The molecule has 38 heavy (non-hydrogen) atoms. The van der Waals surface area contributed by atoms with Gasteiger partial charge in [-0.25, -0.2) is 4.31 Å². The van der Waals surface area contributed by atoms with E-state index in [2.05, 4.69) is 5.32 Å². The van der Waals surface area contributed by atoms with E-state index < -0.39 is 28.7 Å². The number of nitrogens with zero attached hydrogens (tertiary/aromatic N) is 3. The van der Waals surface area contributed by atoms with Gasteiger partial charge < -0.3 is 15.0 Å². The molecule has 0 saturated heterocycles. The minimum Gasteiger partial charge on any atom is -0.497 e. The van der Waals surface area contributed by atoms with Gasteiger partial charge in [0.1, 0.15) is 18.3 Å². The van der Waals surface area contributed by atoms with E-state index in [9.17, 15) is 18.0 Å². The molecule has 210 valence electrons. The highest BCUT2D eigenvalue weighted by Crippen LogP contribution is 2.26. The Kier molecular flexibility index (Phi) is 11.1. The molecule has 0 spiro atoms. The van der Waals surface area contributed by atoms with Gasteiger partial charge in [0.25, 0.3) is 0 Å². The second kappa shape index (κ2) is 13.6. The summed E-state index contributed by atoms with van der Waals surface area (Å²) in [4.78, 5) is 28.7. The Bertz CT molecular complexity index is 1200. The Labute approximate surface area is 227 Å². The van der Waals surface area contributed by atoms with Crippen LogP contribution in [0.1, 0.15) is 50.3 Å². The van der Waals surface area contributed by atoms with Crippen LogP contribution in [0.4, 0.5) is 5.69 Å². The monoisotopic (exact) mass is 546 g/mol. The molecule has 9 nitrogen and oxygen atoms in total. The first-order valence-electron chi connectivity index (χ1n) is 12.9. The van der Waals surface area contributed by atoms with Crippen LogP contribution in [0.25, 0.3) is 0 Å². The maximum atomic E-state index is 14.0. The Morgan fingerprint density at radius 1 is 1.00 bits per heavy atom. The third kappa shape index (κ3) is 7.70. The van der Waals surface area contributed by atoms with E-state index in [1.807, 2.05) is 52.0 Å². The molecule has 0 radical (unpaired) electrons. The van der Waals surface area contributed by atoms with Gasteiger partial charge in [-0.3, -0.25) is 9.59 Å². The lowest BCUT2D eigenvalue weighted by atomic mass is 10.1. The first kappa shape index (κ1) is 31.1. The van der Waals surface area contributed by atoms with Crippen LogP contribution < -0.4 is 14.4 Å². The number of aryl methyl sites for hydroxylation is 2. The minimum absolute atomic E-state index is 0.0601. The SMILES string of the molecule is CCC(C)NC(=O)C(CC)N(Cc1ccc(OC)cc1)C(=O)CN(c1cc(C)ccc1C)S(=O)(=O)N(C)C. The van der Waals surface area contributed by atoms with Gasteiger partial charge in [0.15, 0.2) is 0 Å². The van der Waals surface area contributed by atoms with E-state index in [4.69, 9.17) is 4.74 Å². The van der Waals surface area contributed by atoms with Gasteiger partial charge in [0, 0.05) is 26.7 Å². The van der Waals surface area contributed by atoms with Gasteiger partial charge in [0.05, 0.1) is 12.8 Å². The quantitative estimate of drug-likeness (QED) is 0.414. The number of hydrogen-bond acceptors (Lipinski definition) is 5.